The van der Waals surface area contributed by atoms with Crippen molar-refractivity contribution >= 4 is 23.4 Å². The van der Waals surface area contributed by atoms with Gasteiger partial charge in [0.05, 0.1) is 12.4 Å². The highest BCUT2D eigenvalue weighted by Crippen LogP contribution is 2.18. The lowest BCUT2D eigenvalue weighted by atomic mass is 10.1. The van der Waals surface area contributed by atoms with E-state index in [1.54, 1.807) is 16.8 Å². The second-order valence-electron chi connectivity index (χ2n) is 4.94. The minimum Gasteiger partial charge on any atom is -0.283 e. The molecule has 0 spiro atoms. The molecule has 0 radical (unpaired) electrons. The summed E-state index contributed by atoms with van der Waals surface area (Å²) in [5.41, 5.74) is 1.69. The van der Waals surface area contributed by atoms with Gasteiger partial charge in [0.1, 0.15) is 0 Å². The van der Waals surface area contributed by atoms with Gasteiger partial charge in [0, 0.05) is 41.2 Å². The molecule has 1 aliphatic rings. The van der Waals surface area contributed by atoms with Crippen molar-refractivity contribution in [1.82, 2.24) is 14.7 Å². The second kappa shape index (κ2) is 6.64. The van der Waals surface area contributed by atoms with Gasteiger partial charge >= 0.3 is 0 Å². The molecule has 1 fully saturated rings. The maximum Gasteiger partial charge on any atom is 0.268 e. The Kier molecular flexibility index (Phi) is 4.63. The molecule has 3 rings (SSSR count). The summed E-state index contributed by atoms with van der Waals surface area (Å²) in [6.45, 7) is 2.56. The van der Waals surface area contributed by atoms with Crippen LogP contribution in [0.4, 0.5) is 0 Å². The summed E-state index contributed by atoms with van der Waals surface area (Å²) < 4.78 is 1.54. The van der Waals surface area contributed by atoms with Crippen LogP contribution >= 0.6 is 23.4 Å². The molecule has 0 bridgehead atoms. The fraction of sp³-hybridized carbons (Fsp3) is 0.333. The lowest BCUT2D eigenvalue weighted by Crippen LogP contribution is -2.38. The first-order valence-electron chi connectivity index (χ1n) is 6.86. The van der Waals surface area contributed by atoms with Gasteiger partial charge in [-0.1, -0.05) is 23.7 Å². The summed E-state index contributed by atoms with van der Waals surface area (Å²) in [7, 11) is 0. The van der Waals surface area contributed by atoms with Crippen molar-refractivity contribution in [2.24, 2.45) is 0 Å². The van der Waals surface area contributed by atoms with Crippen LogP contribution in [0, 0.1) is 0 Å². The maximum absolute atomic E-state index is 12.0. The summed E-state index contributed by atoms with van der Waals surface area (Å²) in [5.74, 6) is 2.23. The van der Waals surface area contributed by atoms with Gasteiger partial charge in [0.15, 0.2) is 0 Å². The monoisotopic (exact) mass is 321 g/mol. The summed E-state index contributed by atoms with van der Waals surface area (Å²) in [6, 6.07) is 10.8. The van der Waals surface area contributed by atoms with Crippen LogP contribution in [-0.2, 0) is 6.67 Å². The molecule has 1 saturated heterocycles. The fourth-order valence-electron chi connectivity index (χ4n) is 2.26. The van der Waals surface area contributed by atoms with Gasteiger partial charge in [-0.2, -0.15) is 16.9 Å². The van der Waals surface area contributed by atoms with E-state index in [0.717, 1.165) is 35.9 Å². The van der Waals surface area contributed by atoms with E-state index in [0.29, 0.717) is 11.7 Å². The Balaban J connectivity index is 1.85. The van der Waals surface area contributed by atoms with Gasteiger partial charge in [0.25, 0.3) is 5.56 Å². The zero-order chi connectivity index (χ0) is 14.7. The van der Waals surface area contributed by atoms with Crippen molar-refractivity contribution < 1.29 is 0 Å². The summed E-state index contributed by atoms with van der Waals surface area (Å²) >= 11 is 7.85. The van der Waals surface area contributed by atoms with Gasteiger partial charge in [-0.25, -0.2) is 4.68 Å². The molecule has 110 valence electrons. The lowest BCUT2D eigenvalue weighted by molar-refractivity contribution is 0.223. The average Bonchev–Trinajstić information content (AvgIpc) is 2.51. The molecule has 1 aliphatic heterocycles. The number of hydrogen-bond donors (Lipinski definition) is 0. The van der Waals surface area contributed by atoms with Crippen molar-refractivity contribution in [2.45, 2.75) is 6.67 Å². The molecule has 0 saturated carbocycles. The molecule has 21 heavy (non-hydrogen) atoms. The fourth-order valence-corrected chi connectivity index (χ4v) is 3.36. The third kappa shape index (κ3) is 3.67. The van der Waals surface area contributed by atoms with Gasteiger partial charge < -0.3 is 0 Å². The van der Waals surface area contributed by atoms with Crippen LogP contribution < -0.4 is 5.56 Å². The van der Waals surface area contributed by atoms with E-state index in [1.165, 1.54) is 0 Å². The van der Waals surface area contributed by atoms with Gasteiger partial charge in [0.2, 0.25) is 0 Å². The van der Waals surface area contributed by atoms with Gasteiger partial charge in [-0.05, 0) is 18.2 Å². The number of benzene rings is 1. The molecule has 1 aromatic heterocycles. The molecule has 1 aromatic carbocycles. The number of thioether (sulfide) groups is 1. The Bertz CT molecular complexity index is 665. The first-order valence-corrected chi connectivity index (χ1v) is 8.40. The SMILES string of the molecule is O=c1ccc(-c2ccc(Cl)cc2)nn1CN1CCSCC1. The van der Waals surface area contributed by atoms with E-state index in [2.05, 4.69) is 10.00 Å². The van der Waals surface area contributed by atoms with Crippen molar-refractivity contribution in [3.8, 4) is 11.3 Å². The molecule has 4 nitrogen and oxygen atoms in total. The second-order valence-corrected chi connectivity index (χ2v) is 6.60. The van der Waals surface area contributed by atoms with Crippen LogP contribution in [0.5, 0.6) is 0 Å². The number of halogens is 1. The van der Waals surface area contributed by atoms with E-state index in [9.17, 15) is 4.79 Å². The average molecular weight is 322 g/mol. The van der Waals surface area contributed by atoms with Crippen LogP contribution in [0.15, 0.2) is 41.2 Å². The zero-order valence-corrected chi connectivity index (χ0v) is 13.1. The van der Waals surface area contributed by atoms with Crippen LogP contribution in [0.1, 0.15) is 0 Å². The highest BCUT2D eigenvalue weighted by Gasteiger charge is 2.12. The first-order chi connectivity index (χ1) is 10.2. The van der Waals surface area contributed by atoms with E-state index < -0.39 is 0 Å². The van der Waals surface area contributed by atoms with Crippen LogP contribution in [0.2, 0.25) is 5.02 Å². The quantitative estimate of drug-likeness (QED) is 0.871. The number of rotatable bonds is 3. The Morgan fingerprint density at radius 1 is 1.10 bits per heavy atom. The Hall–Kier alpha value is -1.30. The molecule has 2 heterocycles. The van der Waals surface area contributed by atoms with E-state index >= 15 is 0 Å². The molecule has 2 aromatic rings. The molecule has 0 unspecified atom stereocenters. The standard InChI is InChI=1S/C15H16ClN3OS/c16-13-3-1-12(2-4-13)14-5-6-15(20)19(17-14)11-18-7-9-21-10-8-18/h1-6H,7-11H2. The molecule has 0 aliphatic carbocycles. The van der Waals surface area contributed by atoms with Crippen LogP contribution in [0.3, 0.4) is 0 Å². The van der Waals surface area contributed by atoms with Crippen molar-refractivity contribution in [1.29, 1.82) is 0 Å². The normalized spacial score (nSPS) is 16.0. The van der Waals surface area contributed by atoms with Crippen molar-refractivity contribution in [3.05, 3.63) is 51.8 Å². The zero-order valence-electron chi connectivity index (χ0n) is 11.5. The first kappa shape index (κ1) is 14.6. The Morgan fingerprint density at radius 3 is 2.52 bits per heavy atom. The molecular weight excluding hydrogens is 306 g/mol. The van der Waals surface area contributed by atoms with Crippen LogP contribution in [0.25, 0.3) is 11.3 Å². The smallest absolute Gasteiger partial charge is 0.268 e. The minimum atomic E-state index is -0.0639. The Labute approximate surface area is 132 Å². The maximum atomic E-state index is 12.0. The predicted molar refractivity (Wildman–Crippen MR) is 87.8 cm³/mol. The molecule has 6 heteroatoms. The van der Waals surface area contributed by atoms with Gasteiger partial charge in [-0.3, -0.25) is 9.69 Å². The molecule has 0 amide bonds. The molecule has 0 atom stereocenters. The van der Waals surface area contributed by atoms with Crippen LogP contribution in [-0.4, -0.2) is 39.3 Å². The van der Waals surface area contributed by atoms with E-state index in [1.807, 2.05) is 36.0 Å². The topological polar surface area (TPSA) is 38.1 Å². The number of nitrogens with zero attached hydrogens (tertiary/aromatic N) is 3. The third-order valence-corrected chi connectivity index (χ3v) is 4.64. The highest BCUT2D eigenvalue weighted by molar-refractivity contribution is 7.99. The number of hydrogen-bond acceptors (Lipinski definition) is 4. The summed E-state index contributed by atoms with van der Waals surface area (Å²) in [5, 5.41) is 5.17. The predicted octanol–water partition coefficient (Wildman–Crippen LogP) is 2.57. The Morgan fingerprint density at radius 2 is 1.81 bits per heavy atom. The molecule has 0 N–H and O–H groups in total. The highest BCUT2D eigenvalue weighted by atomic mass is 35.5. The van der Waals surface area contributed by atoms with Crippen molar-refractivity contribution in [3.63, 3.8) is 0 Å². The third-order valence-electron chi connectivity index (χ3n) is 3.44. The lowest BCUT2D eigenvalue weighted by Gasteiger charge is -2.26. The number of aromatic nitrogens is 2. The van der Waals surface area contributed by atoms with Gasteiger partial charge in [-0.15, -0.1) is 0 Å². The largest absolute Gasteiger partial charge is 0.283 e. The van der Waals surface area contributed by atoms with Crippen molar-refractivity contribution in [2.75, 3.05) is 24.6 Å². The molecular formula is C15H16ClN3OS. The summed E-state index contributed by atoms with van der Waals surface area (Å²) in [4.78, 5) is 14.2. The minimum absolute atomic E-state index is 0.0639. The van der Waals surface area contributed by atoms with E-state index in [4.69, 9.17) is 11.6 Å². The van der Waals surface area contributed by atoms with E-state index in [-0.39, 0.29) is 5.56 Å². The summed E-state index contributed by atoms with van der Waals surface area (Å²) in [6.07, 6.45) is 0.